The molecule has 1 fully saturated rings. The van der Waals surface area contributed by atoms with Gasteiger partial charge in [-0.15, -0.1) is 0 Å². The highest BCUT2D eigenvalue weighted by Crippen LogP contribution is 2.25. The molecule has 1 aliphatic carbocycles. The fourth-order valence-electron chi connectivity index (χ4n) is 1.29. The SMILES string of the molecule is [CH2]C(N)C1C(=O)C(=O)C1OCC. The van der Waals surface area contributed by atoms with E-state index in [0.717, 1.165) is 0 Å². The Balaban J connectivity index is 2.62. The first-order valence-corrected chi connectivity index (χ1v) is 3.88. The molecule has 0 aromatic rings. The van der Waals surface area contributed by atoms with Gasteiger partial charge in [0, 0.05) is 12.6 Å². The van der Waals surface area contributed by atoms with Gasteiger partial charge in [0.05, 0.1) is 5.92 Å². The summed E-state index contributed by atoms with van der Waals surface area (Å²) in [5, 5.41) is 0. The molecule has 0 amide bonds. The Kier molecular flexibility index (Phi) is 2.59. The van der Waals surface area contributed by atoms with Crippen LogP contribution in [0.25, 0.3) is 0 Å². The minimum Gasteiger partial charge on any atom is -0.369 e. The van der Waals surface area contributed by atoms with Gasteiger partial charge in [0.2, 0.25) is 11.6 Å². The number of carbonyl (C=O) groups is 2. The molecule has 0 bridgehead atoms. The largest absolute Gasteiger partial charge is 0.369 e. The molecule has 3 unspecified atom stereocenters. The second-order valence-electron chi connectivity index (χ2n) is 2.79. The average molecular weight is 170 g/mol. The molecule has 0 spiro atoms. The van der Waals surface area contributed by atoms with Crippen molar-refractivity contribution in [2.75, 3.05) is 6.61 Å². The van der Waals surface area contributed by atoms with Crippen LogP contribution in [0.1, 0.15) is 6.92 Å². The van der Waals surface area contributed by atoms with Crippen molar-refractivity contribution in [3.63, 3.8) is 0 Å². The highest BCUT2D eigenvalue weighted by atomic mass is 16.5. The van der Waals surface area contributed by atoms with E-state index in [4.69, 9.17) is 10.5 Å². The molecule has 0 aromatic heterocycles. The number of ketones is 2. The van der Waals surface area contributed by atoms with E-state index < -0.39 is 29.6 Å². The molecule has 1 radical (unpaired) electrons. The lowest BCUT2D eigenvalue weighted by Gasteiger charge is -2.34. The third kappa shape index (κ3) is 1.28. The second-order valence-corrected chi connectivity index (χ2v) is 2.79. The maximum Gasteiger partial charge on any atom is 0.228 e. The van der Waals surface area contributed by atoms with Crippen LogP contribution in [-0.2, 0) is 14.3 Å². The third-order valence-electron chi connectivity index (χ3n) is 1.94. The Morgan fingerprint density at radius 1 is 1.58 bits per heavy atom. The van der Waals surface area contributed by atoms with E-state index in [1.807, 2.05) is 0 Å². The molecule has 12 heavy (non-hydrogen) atoms. The quantitative estimate of drug-likeness (QED) is 0.570. The van der Waals surface area contributed by atoms with E-state index in [0.29, 0.717) is 6.61 Å². The molecule has 2 N–H and O–H groups in total. The van der Waals surface area contributed by atoms with Crippen molar-refractivity contribution in [3.8, 4) is 0 Å². The smallest absolute Gasteiger partial charge is 0.228 e. The van der Waals surface area contributed by atoms with Gasteiger partial charge in [0.15, 0.2) is 0 Å². The van der Waals surface area contributed by atoms with Gasteiger partial charge in [0.25, 0.3) is 0 Å². The fourth-order valence-corrected chi connectivity index (χ4v) is 1.29. The van der Waals surface area contributed by atoms with Gasteiger partial charge in [-0.25, -0.2) is 0 Å². The van der Waals surface area contributed by atoms with Gasteiger partial charge in [0.1, 0.15) is 6.10 Å². The monoisotopic (exact) mass is 170 g/mol. The van der Waals surface area contributed by atoms with Crippen LogP contribution in [0, 0.1) is 12.8 Å². The summed E-state index contributed by atoms with van der Waals surface area (Å²) in [6.07, 6.45) is -0.644. The zero-order valence-electron chi connectivity index (χ0n) is 6.95. The van der Waals surface area contributed by atoms with Gasteiger partial charge >= 0.3 is 0 Å². The topological polar surface area (TPSA) is 69.4 Å². The van der Waals surface area contributed by atoms with Crippen molar-refractivity contribution in [1.29, 1.82) is 0 Å². The highest BCUT2D eigenvalue weighted by Gasteiger charge is 2.51. The van der Waals surface area contributed by atoms with Gasteiger partial charge in [-0.1, -0.05) is 0 Å². The molecule has 1 rings (SSSR count). The lowest BCUT2D eigenvalue weighted by molar-refractivity contribution is -0.163. The maximum atomic E-state index is 10.9. The Morgan fingerprint density at radius 3 is 2.58 bits per heavy atom. The van der Waals surface area contributed by atoms with E-state index in [1.54, 1.807) is 6.92 Å². The molecule has 4 heteroatoms. The van der Waals surface area contributed by atoms with Crippen LogP contribution in [-0.4, -0.2) is 30.3 Å². The van der Waals surface area contributed by atoms with Crippen molar-refractivity contribution in [2.24, 2.45) is 11.7 Å². The van der Waals surface area contributed by atoms with Gasteiger partial charge in [-0.05, 0) is 13.8 Å². The van der Waals surface area contributed by atoms with Crippen LogP contribution in [0.15, 0.2) is 0 Å². The summed E-state index contributed by atoms with van der Waals surface area (Å²) in [5.41, 5.74) is 5.41. The Hall–Kier alpha value is -0.740. The van der Waals surface area contributed by atoms with E-state index >= 15 is 0 Å². The van der Waals surface area contributed by atoms with Crippen molar-refractivity contribution in [1.82, 2.24) is 0 Å². The summed E-state index contributed by atoms with van der Waals surface area (Å²) >= 11 is 0. The van der Waals surface area contributed by atoms with Crippen molar-refractivity contribution in [3.05, 3.63) is 6.92 Å². The summed E-state index contributed by atoms with van der Waals surface area (Å²) in [6.45, 7) is 5.68. The molecule has 0 aromatic carbocycles. The van der Waals surface area contributed by atoms with Crippen LogP contribution in [0.4, 0.5) is 0 Å². The Labute approximate surface area is 71.1 Å². The van der Waals surface area contributed by atoms with E-state index in [-0.39, 0.29) is 0 Å². The molecule has 1 saturated carbocycles. The highest BCUT2D eigenvalue weighted by molar-refractivity contribution is 6.47. The van der Waals surface area contributed by atoms with E-state index in [9.17, 15) is 9.59 Å². The van der Waals surface area contributed by atoms with Crippen molar-refractivity contribution >= 4 is 11.6 Å². The zero-order valence-corrected chi connectivity index (χ0v) is 6.95. The van der Waals surface area contributed by atoms with Gasteiger partial charge in [-0.3, -0.25) is 9.59 Å². The van der Waals surface area contributed by atoms with Crippen LogP contribution in [0.5, 0.6) is 0 Å². The van der Waals surface area contributed by atoms with Crippen LogP contribution < -0.4 is 5.73 Å². The van der Waals surface area contributed by atoms with E-state index in [2.05, 4.69) is 6.92 Å². The Bertz CT molecular complexity index is 212. The first kappa shape index (κ1) is 9.35. The standard InChI is InChI=1S/C8H12NO3/c1-3-12-8-5(4(2)9)6(10)7(8)11/h4-5,8H,2-3,9H2,1H3. The number of nitrogens with two attached hydrogens (primary N) is 1. The van der Waals surface area contributed by atoms with Crippen molar-refractivity contribution < 1.29 is 14.3 Å². The Morgan fingerprint density at radius 2 is 2.17 bits per heavy atom. The number of Topliss-reactive ketones (excluding diaryl/α,β-unsaturated/α-hetero) is 2. The molecule has 3 atom stereocenters. The summed E-state index contributed by atoms with van der Waals surface area (Å²) in [5.74, 6) is -1.45. The predicted molar refractivity (Wildman–Crippen MR) is 42.3 cm³/mol. The lowest BCUT2D eigenvalue weighted by Crippen LogP contribution is -2.60. The van der Waals surface area contributed by atoms with Crippen molar-refractivity contribution in [2.45, 2.75) is 19.1 Å². The van der Waals surface area contributed by atoms with Crippen LogP contribution in [0.2, 0.25) is 0 Å². The number of hydrogen-bond acceptors (Lipinski definition) is 4. The maximum absolute atomic E-state index is 10.9. The summed E-state index contributed by atoms with van der Waals surface area (Å²) < 4.78 is 5.04. The number of rotatable bonds is 3. The van der Waals surface area contributed by atoms with E-state index in [1.165, 1.54) is 0 Å². The van der Waals surface area contributed by atoms with Gasteiger partial charge < -0.3 is 10.5 Å². The normalized spacial score (nSPS) is 31.6. The molecule has 0 heterocycles. The first-order valence-electron chi connectivity index (χ1n) is 3.88. The fraction of sp³-hybridized carbons (Fsp3) is 0.625. The third-order valence-corrected chi connectivity index (χ3v) is 1.94. The molecule has 1 aliphatic rings. The van der Waals surface area contributed by atoms with Crippen LogP contribution >= 0.6 is 0 Å². The number of ether oxygens (including phenoxy) is 1. The molecular weight excluding hydrogens is 158 g/mol. The molecule has 0 saturated heterocycles. The minimum atomic E-state index is -0.644. The average Bonchev–Trinajstić information content (AvgIpc) is 2.02. The van der Waals surface area contributed by atoms with Gasteiger partial charge in [-0.2, -0.15) is 0 Å². The minimum absolute atomic E-state index is 0.410. The zero-order chi connectivity index (χ0) is 9.30. The number of hydrogen-bond donors (Lipinski definition) is 1. The summed E-state index contributed by atoms with van der Waals surface area (Å²) in [4.78, 5) is 21.8. The molecular formula is C8H12NO3. The lowest BCUT2D eigenvalue weighted by atomic mass is 9.75. The molecule has 67 valence electrons. The molecule has 4 nitrogen and oxygen atoms in total. The first-order chi connectivity index (χ1) is 5.59. The molecule has 0 aliphatic heterocycles. The van der Waals surface area contributed by atoms with Crippen LogP contribution in [0.3, 0.4) is 0 Å². The second kappa shape index (κ2) is 3.33. The summed E-state index contributed by atoms with van der Waals surface area (Å²) in [6, 6.07) is -0.549. The predicted octanol–water partition coefficient (Wildman–Crippen LogP) is -0.679. The summed E-state index contributed by atoms with van der Waals surface area (Å²) in [7, 11) is 0. The number of carbonyl (C=O) groups excluding carboxylic acids is 2.